The molecule has 1 aromatic rings. The Morgan fingerprint density at radius 2 is 2.13 bits per heavy atom. The molecule has 1 saturated heterocycles. The normalized spacial score (nSPS) is 17.8. The molecule has 1 aromatic carbocycles. The lowest BCUT2D eigenvalue weighted by molar-refractivity contribution is -0.139. The molecule has 1 amide bonds. The van der Waals surface area contributed by atoms with E-state index in [0.717, 1.165) is 16.4 Å². The molecule has 23 heavy (non-hydrogen) atoms. The van der Waals surface area contributed by atoms with Crippen LogP contribution in [0.25, 0.3) is 0 Å². The number of carbonyl (C=O) groups excluding carboxylic acids is 1. The van der Waals surface area contributed by atoms with Crippen molar-refractivity contribution in [1.82, 2.24) is 4.90 Å². The van der Waals surface area contributed by atoms with Gasteiger partial charge in [-0.3, -0.25) is 9.59 Å². The zero-order valence-corrected chi connectivity index (χ0v) is 14.7. The van der Waals surface area contributed by atoms with Crippen LogP contribution in [0.1, 0.15) is 13.3 Å². The van der Waals surface area contributed by atoms with E-state index in [1.165, 1.54) is 11.8 Å². The zero-order chi connectivity index (χ0) is 16.7. The first kappa shape index (κ1) is 18.0. The minimum atomic E-state index is -0.852. The third-order valence-electron chi connectivity index (χ3n) is 3.46. The topological polar surface area (TPSA) is 66.8 Å². The van der Waals surface area contributed by atoms with Gasteiger partial charge in [-0.25, -0.2) is 0 Å². The molecule has 0 spiro atoms. The molecule has 126 valence electrons. The monoisotopic (exact) mass is 355 g/mol. The summed E-state index contributed by atoms with van der Waals surface area (Å²) in [7, 11) is 0. The maximum absolute atomic E-state index is 12.4. The van der Waals surface area contributed by atoms with E-state index in [1.807, 2.05) is 31.2 Å². The van der Waals surface area contributed by atoms with Crippen molar-refractivity contribution in [1.29, 1.82) is 0 Å². The van der Waals surface area contributed by atoms with Gasteiger partial charge in [-0.15, -0.1) is 11.8 Å². The first-order chi connectivity index (χ1) is 11.1. The van der Waals surface area contributed by atoms with Crippen LogP contribution >= 0.6 is 23.5 Å². The summed E-state index contributed by atoms with van der Waals surface area (Å²) in [5, 5.41) is 8.98. The molecule has 1 atom stereocenters. The van der Waals surface area contributed by atoms with E-state index in [9.17, 15) is 9.59 Å². The summed E-state index contributed by atoms with van der Waals surface area (Å²) in [5.41, 5.74) is 0. The Hall–Kier alpha value is -1.34. The molecule has 1 heterocycles. The number of hydrogen-bond acceptors (Lipinski definition) is 5. The van der Waals surface area contributed by atoms with Crippen molar-refractivity contribution in [3.8, 4) is 5.75 Å². The van der Waals surface area contributed by atoms with E-state index >= 15 is 0 Å². The van der Waals surface area contributed by atoms with E-state index in [-0.39, 0.29) is 18.4 Å². The number of aliphatic carboxylic acids is 1. The molecule has 1 aliphatic rings. The number of benzene rings is 1. The van der Waals surface area contributed by atoms with E-state index in [0.29, 0.717) is 24.7 Å². The molecule has 5 nitrogen and oxygen atoms in total. The van der Waals surface area contributed by atoms with E-state index in [2.05, 4.69) is 0 Å². The summed E-state index contributed by atoms with van der Waals surface area (Å²) >= 11 is 3.18. The van der Waals surface area contributed by atoms with Crippen molar-refractivity contribution in [2.75, 3.05) is 30.4 Å². The standard InChI is InChI=1S/C16H21NO4S2/c1-2-21-13-3-5-14(6-4-13)23-11-15(18)17-7-8-22-10-12(17)9-16(19)20/h3-6,12H,2,7-11H2,1H3,(H,19,20). The first-order valence-electron chi connectivity index (χ1n) is 7.54. The molecule has 0 saturated carbocycles. The van der Waals surface area contributed by atoms with Gasteiger partial charge in [-0.05, 0) is 31.2 Å². The summed E-state index contributed by atoms with van der Waals surface area (Å²) in [6.45, 7) is 3.19. The molecular weight excluding hydrogens is 334 g/mol. The second-order valence-corrected chi connectivity index (χ2v) is 7.31. The average Bonchev–Trinajstić information content (AvgIpc) is 2.54. The van der Waals surface area contributed by atoms with Gasteiger partial charge in [0.2, 0.25) is 5.91 Å². The number of nitrogens with zero attached hydrogens (tertiary/aromatic N) is 1. The molecule has 1 unspecified atom stereocenters. The molecule has 0 bridgehead atoms. The van der Waals surface area contributed by atoms with E-state index in [1.54, 1.807) is 16.7 Å². The van der Waals surface area contributed by atoms with Crippen molar-refractivity contribution in [3.63, 3.8) is 0 Å². The fraction of sp³-hybridized carbons (Fsp3) is 0.500. The van der Waals surface area contributed by atoms with Gasteiger partial charge in [0.1, 0.15) is 5.75 Å². The maximum atomic E-state index is 12.4. The van der Waals surface area contributed by atoms with Crippen LogP contribution in [0.15, 0.2) is 29.2 Å². The summed E-state index contributed by atoms with van der Waals surface area (Å²) in [6, 6.07) is 7.45. The lowest BCUT2D eigenvalue weighted by Crippen LogP contribution is -2.47. The maximum Gasteiger partial charge on any atom is 0.305 e. The van der Waals surface area contributed by atoms with Crippen LogP contribution in [-0.4, -0.2) is 58.3 Å². The zero-order valence-electron chi connectivity index (χ0n) is 13.1. The van der Waals surface area contributed by atoms with E-state index < -0.39 is 5.97 Å². The average molecular weight is 355 g/mol. The fourth-order valence-corrected chi connectivity index (χ4v) is 4.23. The van der Waals surface area contributed by atoms with Crippen molar-refractivity contribution < 1.29 is 19.4 Å². The van der Waals surface area contributed by atoms with Crippen LogP contribution in [0.2, 0.25) is 0 Å². The molecule has 1 N–H and O–H groups in total. The van der Waals surface area contributed by atoms with Crippen molar-refractivity contribution in [2.45, 2.75) is 24.3 Å². The summed E-state index contributed by atoms with van der Waals surface area (Å²) in [4.78, 5) is 26.1. The van der Waals surface area contributed by atoms with Crippen molar-refractivity contribution >= 4 is 35.4 Å². The molecule has 0 aromatic heterocycles. The van der Waals surface area contributed by atoms with Crippen LogP contribution in [0.3, 0.4) is 0 Å². The first-order valence-corrected chi connectivity index (χ1v) is 9.69. The molecule has 2 rings (SSSR count). The Labute approximate surface area is 144 Å². The highest BCUT2D eigenvalue weighted by Crippen LogP contribution is 2.24. The summed E-state index contributed by atoms with van der Waals surface area (Å²) in [6.07, 6.45) is 0.0203. The fourth-order valence-electron chi connectivity index (χ4n) is 2.38. The third-order valence-corrected chi connectivity index (χ3v) is 5.54. The Bertz CT molecular complexity index is 535. The molecule has 1 fully saturated rings. The predicted molar refractivity (Wildman–Crippen MR) is 93.4 cm³/mol. The number of rotatable bonds is 7. The number of carboxylic acid groups (broad SMARTS) is 1. The number of thioether (sulfide) groups is 2. The van der Waals surface area contributed by atoms with Gasteiger partial charge >= 0.3 is 5.97 Å². The molecular formula is C16H21NO4S2. The van der Waals surface area contributed by atoms with Crippen molar-refractivity contribution in [3.05, 3.63) is 24.3 Å². The van der Waals surface area contributed by atoms with Crippen LogP contribution in [-0.2, 0) is 9.59 Å². The third kappa shape index (κ3) is 5.66. The Kier molecular flexibility index (Phi) is 7.11. The second-order valence-electron chi connectivity index (χ2n) is 5.11. The largest absolute Gasteiger partial charge is 0.494 e. The quantitative estimate of drug-likeness (QED) is 0.759. The molecule has 0 aliphatic carbocycles. The molecule has 7 heteroatoms. The number of ether oxygens (including phenoxy) is 1. The Morgan fingerprint density at radius 1 is 1.39 bits per heavy atom. The van der Waals surface area contributed by atoms with Crippen LogP contribution in [0.4, 0.5) is 0 Å². The van der Waals surface area contributed by atoms with Gasteiger partial charge in [-0.2, -0.15) is 11.8 Å². The Morgan fingerprint density at radius 3 is 2.78 bits per heavy atom. The van der Waals surface area contributed by atoms with Gasteiger partial charge in [-0.1, -0.05) is 0 Å². The van der Waals surface area contributed by atoms with Gasteiger partial charge in [0.25, 0.3) is 0 Å². The number of hydrogen-bond donors (Lipinski definition) is 1. The summed E-state index contributed by atoms with van der Waals surface area (Å²) < 4.78 is 5.39. The Balaban J connectivity index is 1.88. The van der Waals surface area contributed by atoms with Gasteiger partial charge < -0.3 is 14.7 Å². The lowest BCUT2D eigenvalue weighted by Gasteiger charge is -2.34. The van der Waals surface area contributed by atoms with Gasteiger partial charge in [0.15, 0.2) is 0 Å². The van der Waals surface area contributed by atoms with E-state index in [4.69, 9.17) is 9.84 Å². The van der Waals surface area contributed by atoms with Crippen LogP contribution in [0, 0.1) is 0 Å². The highest BCUT2D eigenvalue weighted by molar-refractivity contribution is 8.00. The minimum Gasteiger partial charge on any atom is -0.494 e. The minimum absolute atomic E-state index is 0.00966. The smallest absolute Gasteiger partial charge is 0.305 e. The SMILES string of the molecule is CCOc1ccc(SCC(=O)N2CCSCC2CC(=O)O)cc1. The predicted octanol–water partition coefficient (Wildman–Crippen LogP) is 2.60. The lowest BCUT2D eigenvalue weighted by atomic mass is 10.2. The van der Waals surface area contributed by atoms with Gasteiger partial charge in [0, 0.05) is 22.9 Å². The second kappa shape index (κ2) is 9.08. The molecule has 0 radical (unpaired) electrons. The van der Waals surface area contributed by atoms with Crippen LogP contribution < -0.4 is 4.74 Å². The summed E-state index contributed by atoms with van der Waals surface area (Å²) in [5.74, 6) is 1.87. The highest BCUT2D eigenvalue weighted by Gasteiger charge is 2.28. The van der Waals surface area contributed by atoms with Gasteiger partial charge in [0.05, 0.1) is 24.8 Å². The number of carboxylic acids is 1. The number of carbonyl (C=O) groups is 2. The van der Waals surface area contributed by atoms with Crippen LogP contribution in [0.5, 0.6) is 5.75 Å². The molecule has 1 aliphatic heterocycles. The number of amides is 1. The van der Waals surface area contributed by atoms with Crippen molar-refractivity contribution in [2.24, 2.45) is 0 Å². The highest BCUT2D eigenvalue weighted by atomic mass is 32.2.